The maximum absolute atomic E-state index is 8.92. The summed E-state index contributed by atoms with van der Waals surface area (Å²) in [5.74, 6) is 0.659. The van der Waals surface area contributed by atoms with Gasteiger partial charge in [0.15, 0.2) is 5.82 Å². The smallest absolute Gasteiger partial charge is 0.169 e. The third-order valence-corrected chi connectivity index (χ3v) is 3.35. The molecule has 0 saturated heterocycles. The monoisotopic (exact) mass is 270 g/mol. The molecule has 0 unspecified atom stereocenters. The lowest BCUT2D eigenvalue weighted by Crippen LogP contribution is -1.92. The van der Waals surface area contributed by atoms with E-state index in [4.69, 9.17) is 5.11 Å². The van der Waals surface area contributed by atoms with E-state index in [1.165, 1.54) is 0 Å². The van der Waals surface area contributed by atoms with Crippen molar-refractivity contribution < 1.29 is 5.11 Å². The highest BCUT2D eigenvalue weighted by atomic mass is 79.9. The highest BCUT2D eigenvalue weighted by Crippen LogP contribution is 2.27. The van der Waals surface area contributed by atoms with Crippen LogP contribution in [-0.4, -0.2) is 15.1 Å². The van der Waals surface area contributed by atoms with Crippen molar-refractivity contribution in [3.05, 3.63) is 33.9 Å². The second-order valence-corrected chi connectivity index (χ2v) is 4.49. The van der Waals surface area contributed by atoms with Crippen LogP contribution in [0.4, 0.5) is 0 Å². The number of aromatic nitrogens is 2. The van der Waals surface area contributed by atoms with Gasteiger partial charge in [0.2, 0.25) is 0 Å². The van der Waals surface area contributed by atoms with Crippen LogP contribution in [0.1, 0.15) is 5.69 Å². The molecule has 0 radical (unpaired) electrons. The predicted octanol–water partition coefficient (Wildman–Crippen LogP) is 2.46. The number of hydrogen-bond acceptors (Lipinski definition) is 4. The van der Waals surface area contributed by atoms with Gasteiger partial charge in [0.05, 0.1) is 17.2 Å². The summed E-state index contributed by atoms with van der Waals surface area (Å²) in [5.41, 5.74) is 0.638. The lowest BCUT2D eigenvalue weighted by atomic mass is 10.4. The van der Waals surface area contributed by atoms with Crippen molar-refractivity contribution in [1.82, 2.24) is 9.97 Å². The van der Waals surface area contributed by atoms with Crippen molar-refractivity contribution >= 4 is 27.3 Å². The maximum Gasteiger partial charge on any atom is 0.169 e. The summed E-state index contributed by atoms with van der Waals surface area (Å²) in [7, 11) is 0. The Morgan fingerprint density at radius 2 is 2.36 bits per heavy atom. The first-order chi connectivity index (χ1) is 6.79. The van der Waals surface area contributed by atoms with E-state index in [0.29, 0.717) is 11.5 Å². The van der Waals surface area contributed by atoms with Crippen LogP contribution in [0.2, 0.25) is 0 Å². The van der Waals surface area contributed by atoms with Gasteiger partial charge in [-0.1, -0.05) is 0 Å². The Morgan fingerprint density at radius 1 is 1.50 bits per heavy atom. The molecule has 2 heterocycles. The van der Waals surface area contributed by atoms with Crippen molar-refractivity contribution in [2.24, 2.45) is 0 Å². The Labute approximate surface area is 93.6 Å². The minimum Gasteiger partial charge on any atom is -0.390 e. The second kappa shape index (κ2) is 4.16. The molecule has 0 atom stereocenters. The van der Waals surface area contributed by atoms with Crippen molar-refractivity contribution in [2.75, 3.05) is 0 Å². The van der Waals surface area contributed by atoms with Gasteiger partial charge < -0.3 is 5.11 Å². The summed E-state index contributed by atoms with van der Waals surface area (Å²) in [6.45, 7) is -0.0535. The van der Waals surface area contributed by atoms with Crippen LogP contribution in [-0.2, 0) is 6.61 Å². The molecule has 5 heteroatoms. The third-order valence-electron chi connectivity index (χ3n) is 1.66. The highest BCUT2D eigenvalue weighted by Gasteiger charge is 2.04. The lowest BCUT2D eigenvalue weighted by molar-refractivity contribution is 0.277. The van der Waals surface area contributed by atoms with E-state index in [2.05, 4.69) is 25.9 Å². The Morgan fingerprint density at radius 3 is 3.00 bits per heavy atom. The molecule has 0 aliphatic heterocycles. The molecule has 72 valence electrons. The molecule has 2 rings (SSSR count). The molecule has 0 bridgehead atoms. The minimum atomic E-state index is -0.0535. The fraction of sp³-hybridized carbons (Fsp3) is 0.111. The standard InChI is InChI=1S/C9H7BrN2OS/c10-6-3-8(14-5-6)9-11-2-1-7(4-13)12-9/h1-3,5,13H,4H2. The van der Waals surface area contributed by atoms with Crippen LogP contribution in [0.25, 0.3) is 10.7 Å². The van der Waals surface area contributed by atoms with E-state index < -0.39 is 0 Å². The molecule has 14 heavy (non-hydrogen) atoms. The molecular formula is C9H7BrN2OS. The zero-order chi connectivity index (χ0) is 9.97. The van der Waals surface area contributed by atoms with Gasteiger partial charge in [-0.05, 0) is 28.1 Å². The first kappa shape index (κ1) is 9.76. The number of halogens is 1. The highest BCUT2D eigenvalue weighted by molar-refractivity contribution is 9.10. The summed E-state index contributed by atoms with van der Waals surface area (Å²) < 4.78 is 1.02. The quantitative estimate of drug-likeness (QED) is 0.912. The zero-order valence-electron chi connectivity index (χ0n) is 7.14. The number of thiophene rings is 1. The Balaban J connectivity index is 2.41. The van der Waals surface area contributed by atoms with Gasteiger partial charge in [-0.3, -0.25) is 0 Å². The normalized spacial score (nSPS) is 10.4. The summed E-state index contributed by atoms with van der Waals surface area (Å²) >= 11 is 4.94. The third kappa shape index (κ3) is 2.00. The number of rotatable bonds is 2. The second-order valence-electron chi connectivity index (χ2n) is 2.66. The van der Waals surface area contributed by atoms with Crippen LogP contribution in [0.15, 0.2) is 28.2 Å². The average molecular weight is 271 g/mol. The van der Waals surface area contributed by atoms with Crippen molar-refractivity contribution in [3.8, 4) is 10.7 Å². The van der Waals surface area contributed by atoms with Gasteiger partial charge in [0, 0.05) is 16.0 Å². The topological polar surface area (TPSA) is 46.0 Å². The minimum absolute atomic E-state index is 0.0535. The van der Waals surface area contributed by atoms with E-state index in [9.17, 15) is 0 Å². The van der Waals surface area contributed by atoms with Crippen LogP contribution < -0.4 is 0 Å². The van der Waals surface area contributed by atoms with Crippen molar-refractivity contribution in [1.29, 1.82) is 0 Å². The number of aliphatic hydroxyl groups excluding tert-OH is 1. The molecule has 0 spiro atoms. The van der Waals surface area contributed by atoms with Gasteiger partial charge in [-0.2, -0.15) is 0 Å². The van der Waals surface area contributed by atoms with E-state index >= 15 is 0 Å². The molecule has 3 nitrogen and oxygen atoms in total. The summed E-state index contributed by atoms with van der Waals surface area (Å²) in [5, 5.41) is 10.9. The molecule has 0 fully saturated rings. The molecule has 2 aromatic heterocycles. The number of aliphatic hydroxyl groups is 1. The maximum atomic E-state index is 8.92. The molecule has 0 aliphatic carbocycles. The van der Waals surface area contributed by atoms with Crippen LogP contribution in [0.5, 0.6) is 0 Å². The van der Waals surface area contributed by atoms with Gasteiger partial charge in [-0.25, -0.2) is 9.97 Å². The van der Waals surface area contributed by atoms with E-state index in [0.717, 1.165) is 9.35 Å². The first-order valence-electron chi connectivity index (χ1n) is 3.97. The van der Waals surface area contributed by atoms with E-state index in [1.54, 1.807) is 23.6 Å². The van der Waals surface area contributed by atoms with E-state index in [1.807, 2.05) is 11.4 Å². The van der Waals surface area contributed by atoms with Crippen LogP contribution >= 0.6 is 27.3 Å². The fourth-order valence-corrected chi connectivity index (χ4v) is 2.40. The Bertz CT molecular complexity index is 444. The molecule has 0 aromatic carbocycles. The zero-order valence-corrected chi connectivity index (χ0v) is 9.55. The van der Waals surface area contributed by atoms with Crippen LogP contribution in [0.3, 0.4) is 0 Å². The van der Waals surface area contributed by atoms with Gasteiger partial charge in [0.1, 0.15) is 0 Å². The van der Waals surface area contributed by atoms with Crippen molar-refractivity contribution in [2.45, 2.75) is 6.61 Å². The van der Waals surface area contributed by atoms with Gasteiger partial charge in [-0.15, -0.1) is 11.3 Å². The molecule has 2 aromatic rings. The Hall–Kier alpha value is -0.780. The SMILES string of the molecule is OCc1ccnc(-c2cc(Br)cs2)n1. The van der Waals surface area contributed by atoms with E-state index in [-0.39, 0.29) is 6.61 Å². The molecule has 0 saturated carbocycles. The van der Waals surface area contributed by atoms with Crippen molar-refractivity contribution in [3.63, 3.8) is 0 Å². The summed E-state index contributed by atoms with van der Waals surface area (Å²) in [6, 6.07) is 3.66. The van der Waals surface area contributed by atoms with Gasteiger partial charge in [0.25, 0.3) is 0 Å². The lowest BCUT2D eigenvalue weighted by Gasteiger charge is -1.97. The molecule has 0 aliphatic rings. The number of hydrogen-bond donors (Lipinski definition) is 1. The average Bonchev–Trinajstić information content (AvgIpc) is 2.65. The van der Waals surface area contributed by atoms with Gasteiger partial charge >= 0.3 is 0 Å². The summed E-state index contributed by atoms with van der Waals surface area (Å²) in [4.78, 5) is 9.33. The molecule has 1 N–H and O–H groups in total. The largest absolute Gasteiger partial charge is 0.390 e. The first-order valence-corrected chi connectivity index (χ1v) is 5.64. The predicted molar refractivity (Wildman–Crippen MR) is 59.0 cm³/mol. The molecular weight excluding hydrogens is 264 g/mol. The Kier molecular flexibility index (Phi) is 2.90. The number of nitrogens with zero attached hydrogens (tertiary/aromatic N) is 2. The van der Waals surface area contributed by atoms with Crippen LogP contribution in [0, 0.1) is 0 Å². The molecule has 0 amide bonds. The fourth-order valence-electron chi connectivity index (χ4n) is 1.03. The summed E-state index contributed by atoms with van der Waals surface area (Å²) in [6.07, 6.45) is 1.65.